The van der Waals surface area contributed by atoms with E-state index >= 15 is 0 Å². The number of aryl methyl sites for hydroxylation is 3. The normalized spacial score (nSPS) is 11.3. The number of rotatable bonds is 2. The van der Waals surface area contributed by atoms with E-state index < -0.39 is 0 Å². The van der Waals surface area contributed by atoms with Gasteiger partial charge in [-0.2, -0.15) is 0 Å². The van der Waals surface area contributed by atoms with Gasteiger partial charge in [0, 0.05) is 6.21 Å². The standard InChI is InChI=1S/C16H14Cl3N/c1-9-4-10(2)12(11(3)5-9)8-20-16-7-14(18)13(17)6-15(16)19/h4-8H,1-3H3. The smallest absolute Gasteiger partial charge is 0.0831 e. The summed E-state index contributed by atoms with van der Waals surface area (Å²) < 4.78 is 0. The first kappa shape index (κ1) is 15.4. The first-order valence-electron chi connectivity index (χ1n) is 6.15. The number of benzene rings is 2. The van der Waals surface area contributed by atoms with Crippen molar-refractivity contribution < 1.29 is 0 Å². The minimum atomic E-state index is 0.429. The average molecular weight is 327 g/mol. The Morgan fingerprint density at radius 3 is 1.95 bits per heavy atom. The van der Waals surface area contributed by atoms with Crippen LogP contribution in [-0.2, 0) is 0 Å². The molecule has 4 heteroatoms. The molecule has 104 valence electrons. The van der Waals surface area contributed by atoms with Crippen LogP contribution >= 0.6 is 34.8 Å². The van der Waals surface area contributed by atoms with Crippen molar-refractivity contribution in [3.8, 4) is 0 Å². The van der Waals surface area contributed by atoms with Crippen molar-refractivity contribution in [2.45, 2.75) is 20.8 Å². The second-order valence-corrected chi connectivity index (χ2v) is 6.01. The van der Waals surface area contributed by atoms with Crippen LogP contribution in [0.3, 0.4) is 0 Å². The van der Waals surface area contributed by atoms with E-state index in [9.17, 15) is 0 Å². The summed E-state index contributed by atoms with van der Waals surface area (Å²) in [5.41, 5.74) is 5.31. The zero-order valence-corrected chi connectivity index (χ0v) is 13.7. The third-order valence-corrected chi connectivity index (χ3v) is 4.09. The van der Waals surface area contributed by atoms with Crippen LogP contribution in [0.25, 0.3) is 0 Å². The van der Waals surface area contributed by atoms with Crippen LogP contribution in [0.5, 0.6) is 0 Å². The van der Waals surface area contributed by atoms with Gasteiger partial charge < -0.3 is 0 Å². The van der Waals surface area contributed by atoms with E-state index in [1.165, 1.54) is 16.7 Å². The number of aliphatic imine (C=N–C) groups is 1. The quantitative estimate of drug-likeness (QED) is 0.452. The predicted octanol–water partition coefficient (Wildman–Crippen LogP) is 6.32. The second-order valence-electron chi connectivity index (χ2n) is 4.79. The lowest BCUT2D eigenvalue weighted by Gasteiger charge is -2.07. The monoisotopic (exact) mass is 325 g/mol. The lowest BCUT2D eigenvalue weighted by atomic mass is 10.0. The van der Waals surface area contributed by atoms with Crippen LogP contribution in [0.15, 0.2) is 29.3 Å². The van der Waals surface area contributed by atoms with E-state index in [0.29, 0.717) is 20.8 Å². The molecular formula is C16H14Cl3N. The fourth-order valence-electron chi connectivity index (χ4n) is 2.14. The Hall–Kier alpha value is -1.02. The van der Waals surface area contributed by atoms with Gasteiger partial charge in [-0.25, -0.2) is 0 Å². The fraction of sp³-hybridized carbons (Fsp3) is 0.188. The molecule has 2 rings (SSSR count). The first-order valence-corrected chi connectivity index (χ1v) is 7.28. The van der Waals surface area contributed by atoms with Gasteiger partial charge in [0.15, 0.2) is 0 Å². The number of halogens is 3. The molecule has 0 N–H and O–H groups in total. The molecule has 0 fully saturated rings. The Morgan fingerprint density at radius 2 is 1.35 bits per heavy atom. The Bertz CT molecular complexity index is 667. The molecule has 2 aromatic carbocycles. The summed E-state index contributed by atoms with van der Waals surface area (Å²) in [4.78, 5) is 4.43. The summed E-state index contributed by atoms with van der Waals surface area (Å²) >= 11 is 18.0. The van der Waals surface area contributed by atoms with Crippen molar-refractivity contribution in [1.82, 2.24) is 0 Å². The highest BCUT2D eigenvalue weighted by Crippen LogP contribution is 2.34. The van der Waals surface area contributed by atoms with Crippen LogP contribution in [-0.4, -0.2) is 6.21 Å². The van der Waals surface area contributed by atoms with Crippen molar-refractivity contribution in [2.75, 3.05) is 0 Å². The summed E-state index contributed by atoms with van der Waals surface area (Å²) in [5.74, 6) is 0. The maximum atomic E-state index is 6.12. The molecule has 2 aromatic rings. The van der Waals surface area contributed by atoms with Crippen LogP contribution in [0, 0.1) is 20.8 Å². The van der Waals surface area contributed by atoms with Gasteiger partial charge in [0.2, 0.25) is 0 Å². The van der Waals surface area contributed by atoms with Crippen molar-refractivity contribution in [3.63, 3.8) is 0 Å². The molecule has 0 amide bonds. The van der Waals surface area contributed by atoms with E-state index in [1.54, 1.807) is 12.1 Å². The summed E-state index contributed by atoms with van der Waals surface area (Å²) in [7, 11) is 0. The second kappa shape index (κ2) is 6.17. The Kier molecular flexibility index (Phi) is 4.74. The van der Waals surface area contributed by atoms with E-state index in [1.807, 2.05) is 6.21 Å². The molecule has 0 aromatic heterocycles. The predicted molar refractivity (Wildman–Crippen MR) is 89.4 cm³/mol. The molecule has 0 heterocycles. The molecular weight excluding hydrogens is 313 g/mol. The Balaban J connectivity index is 2.42. The van der Waals surface area contributed by atoms with Gasteiger partial charge in [0.05, 0.1) is 20.8 Å². The molecule has 0 bridgehead atoms. The highest BCUT2D eigenvalue weighted by Gasteiger charge is 2.06. The highest BCUT2D eigenvalue weighted by molar-refractivity contribution is 6.43. The van der Waals surface area contributed by atoms with Crippen LogP contribution in [0.1, 0.15) is 22.3 Å². The maximum absolute atomic E-state index is 6.12. The van der Waals surface area contributed by atoms with Gasteiger partial charge in [0.1, 0.15) is 0 Å². The molecule has 0 aliphatic rings. The third-order valence-electron chi connectivity index (χ3n) is 3.06. The Morgan fingerprint density at radius 1 is 0.800 bits per heavy atom. The highest BCUT2D eigenvalue weighted by atomic mass is 35.5. The van der Waals surface area contributed by atoms with Crippen molar-refractivity contribution in [3.05, 3.63) is 61.6 Å². The van der Waals surface area contributed by atoms with Crippen molar-refractivity contribution in [2.24, 2.45) is 4.99 Å². The Labute approximate surface area is 134 Å². The van der Waals surface area contributed by atoms with E-state index in [2.05, 4.69) is 37.9 Å². The van der Waals surface area contributed by atoms with Crippen molar-refractivity contribution in [1.29, 1.82) is 0 Å². The third kappa shape index (κ3) is 3.35. The molecule has 0 saturated carbocycles. The molecule has 1 nitrogen and oxygen atoms in total. The van der Waals surface area contributed by atoms with Gasteiger partial charge in [0.25, 0.3) is 0 Å². The van der Waals surface area contributed by atoms with Gasteiger partial charge in [-0.05, 0) is 49.6 Å². The molecule has 0 aliphatic carbocycles. The average Bonchev–Trinajstić information content (AvgIpc) is 2.33. The van der Waals surface area contributed by atoms with Gasteiger partial charge >= 0.3 is 0 Å². The van der Waals surface area contributed by atoms with Crippen LogP contribution < -0.4 is 0 Å². The zero-order valence-electron chi connectivity index (χ0n) is 11.5. The van der Waals surface area contributed by atoms with Crippen LogP contribution in [0.4, 0.5) is 5.69 Å². The SMILES string of the molecule is Cc1cc(C)c(C=Nc2cc(Cl)c(Cl)cc2Cl)c(C)c1. The number of hydrogen-bond donors (Lipinski definition) is 0. The molecule has 0 spiro atoms. The minimum absolute atomic E-state index is 0.429. The minimum Gasteiger partial charge on any atom is -0.255 e. The van der Waals surface area contributed by atoms with Gasteiger partial charge in [-0.1, -0.05) is 52.5 Å². The summed E-state index contributed by atoms with van der Waals surface area (Å²) in [5, 5.41) is 1.36. The number of nitrogens with zero attached hydrogens (tertiary/aromatic N) is 1. The molecule has 0 aliphatic heterocycles. The molecule has 20 heavy (non-hydrogen) atoms. The van der Waals surface area contributed by atoms with E-state index in [0.717, 1.165) is 5.56 Å². The van der Waals surface area contributed by atoms with Gasteiger partial charge in [-0.15, -0.1) is 0 Å². The first-order chi connectivity index (χ1) is 9.38. The largest absolute Gasteiger partial charge is 0.255 e. The summed E-state index contributed by atoms with van der Waals surface area (Å²) in [6, 6.07) is 7.53. The van der Waals surface area contributed by atoms with Crippen LogP contribution in [0.2, 0.25) is 15.1 Å². The van der Waals surface area contributed by atoms with Crippen molar-refractivity contribution >= 4 is 46.7 Å². The molecule has 0 saturated heterocycles. The fourth-order valence-corrected chi connectivity index (χ4v) is 2.73. The maximum Gasteiger partial charge on any atom is 0.0831 e. The lowest BCUT2D eigenvalue weighted by Crippen LogP contribution is -1.93. The van der Waals surface area contributed by atoms with E-state index in [-0.39, 0.29) is 0 Å². The topological polar surface area (TPSA) is 12.4 Å². The van der Waals surface area contributed by atoms with E-state index in [4.69, 9.17) is 34.8 Å². The summed E-state index contributed by atoms with van der Waals surface area (Å²) in [6.07, 6.45) is 1.82. The number of hydrogen-bond acceptors (Lipinski definition) is 1. The van der Waals surface area contributed by atoms with Gasteiger partial charge in [-0.3, -0.25) is 4.99 Å². The molecule has 0 radical (unpaired) electrons. The summed E-state index contributed by atoms with van der Waals surface area (Å²) in [6.45, 7) is 6.21. The molecule has 0 atom stereocenters. The zero-order chi connectivity index (χ0) is 14.9. The molecule has 0 unspecified atom stereocenters. The lowest BCUT2D eigenvalue weighted by molar-refractivity contribution is 1.30.